The average molecular weight is 376 g/mol. The Balaban J connectivity index is 1.44. The molecule has 7 nitrogen and oxygen atoms in total. The number of carbonyl (C=O) groups is 1. The summed E-state index contributed by atoms with van der Waals surface area (Å²) in [6, 6.07) is 11.0. The van der Waals surface area contributed by atoms with Crippen LogP contribution < -0.4 is 9.80 Å². The van der Waals surface area contributed by atoms with Crippen molar-refractivity contribution in [3.05, 3.63) is 47.2 Å². The summed E-state index contributed by atoms with van der Waals surface area (Å²) in [6.45, 7) is 6.75. The molecule has 0 unspecified atom stereocenters. The van der Waals surface area contributed by atoms with Crippen molar-refractivity contribution in [2.45, 2.75) is 19.8 Å². The highest BCUT2D eigenvalue weighted by atomic mass is 16.2. The van der Waals surface area contributed by atoms with Crippen LogP contribution in [0.2, 0.25) is 0 Å². The largest absolute Gasteiger partial charge is 0.356 e. The summed E-state index contributed by atoms with van der Waals surface area (Å²) < 4.78 is 0. The zero-order chi connectivity index (χ0) is 19.5. The maximum absolute atomic E-state index is 12.8. The van der Waals surface area contributed by atoms with E-state index in [1.54, 1.807) is 24.3 Å². The molecule has 28 heavy (non-hydrogen) atoms. The molecular formula is C21H24N6O. The van der Waals surface area contributed by atoms with Gasteiger partial charge in [0.05, 0.1) is 11.6 Å². The van der Waals surface area contributed by atoms with E-state index in [0.717, 1.165) is 30.5 Å². The molecule has 0 atom stereocenters. The van der Waals surface area contributed by atoms with Crippen LogP contribution in [0.25, 0.3) is 0 Å². The zero-order valence-electron chi connectivity index (χ0n) is 16.1. The maximum atomic E-state index is 12.8. The molecule has 2 saturated heterocycles. The molecule has 0 spiro atoms. The van der Waals surface area contributed by atoms with E-state index in [1.165, 1.54) is 12.8 Å². The summed E-state index contributed by atoms with van der Waals surface area (Å²) in [4.78, 5) is 28.5. The van der Waals surface area contributed by atoms with Crippen LogP contribution in [0.4, 0.5) is 11.8 Å². The highest BCUT2D eigenvalue weighted by Gasteiger charge is 2.25. The first kappa shape index (κ1) is 18.2. The minimum Gasteiger partial charge on any atom is -0.356 e. The van der Waals surface area contributed by atoms with Gasteiger partial charge in [0.2, 0.25) is 5.95 Å². The monoisotopic (exact) mass is 376 g/mol. The van der Waals surface area contributed by atoms with Gasteiger partial charge in [0.15, 0.2) is 0 Å². The number of hydrogen-bond donors (Lipinski definition) is 0. The van der Waals surface area contributed by atoms with E-state index in [-0.39, 0.29) is 5.91 Å². The molecule has 3 heterocycles. The minimum absolute atomic E-state index is 0.0281. The molecule has 0 N–H and O–H groups in total. The van der Waals surface area contributed by atoms with Gasteiger partial charge in [-0.1, -0.05) is 6.07 Å². The van der Waals surface area contributed by atoms with E-state index in [1.807, 2.05) is 11.8 Å². The highest BCUT2D eigenvalue weighted by Crippen LogP contribution is 2.22. The summed E-state index contributed by atoms with van der Waals surface area (Å²) in [5, 5.41) is 9.04. The highest BCUT2D eigenvalue weighted by molar-refractivity contribution is 5.94. The third kappa shape index (κ3) is 3.77. The molecule has 0 aliphatic carbocycles. The summed E-state index contributed by atoms with van der Waals surface area (Å²) in [5.74, 6) is 1.73. The fourth-order valence-electron chi connectivity index (χ4n) is 3.80. The Morgan fingerprint density at radius 3 is 2.46 bits per heavy atom. The molecular weight excluding hydrogens is 352 g/mol. The molecule has 1 amide bonds. The first-order valence-corrected chi connectivity index (χ1v) is 9.79. The van der Waals surface area contributed by atoms with Gasteiger partial charge in [0, 0.05) is 56.6 Å². The number of aryl methyl sites for hydroxylation is 1. The molecule has 7 heteroatoms. The summed E-state index contributed by atoms with van der Waals surface area (Å²) in [5.41, 5.74) is 2.04. The van der Waals surface area contributed by atoms with Crippen LogP contribution in [0, 0.1) is 18.3 Å². The molecule has 2 aromatic rings. The molecule has 2 fully saturated rings. The van der Waals surface area contributed by atoms with Crippen LogP contribution >= 0.6 is 0 Å². The van der Waals surface area contributed by atoms with Crippen molar-refractivity contribution in [3.8, 4) is 6.07 Å². The Hall–Kier alpha value is -3.14. The van der Waals surface area contributed by atoms with Gasteiger partial charge in [-0.25, -0.2) is 4.98 Å². The predicted octanol–water partition coefficient (Wildman–Crippen LogP) is 2.22. The average Bonchev–Trinajstić information content (AvgIpc) is 3.28. The first-order chi connectivity index (χ1) is 13.6. The second-order valence-corrected chi connectivity index (χ2v) is 7.33. The number of aromatic nitrogens is 2. The van der Waals surface area contributed by atoms with Crippen LogP contribution in [0.1, 0.15) is 34.5 Å². The molecule has 0 radical (unpaired) electrons. The summed E-state index contributed by atoms with van der Waals surface area (Å²) >= 11 is 0. The SMILES string of the molecule is Cc1cc(N2CCCC2)nc(N2CCN(C(=O)c3cccc(C#N)c3)CC2)n1. The quantitative estimate of drug-likeness (QED) is 0.818. The molecule has 1 aromatic carbocycles. The second-order valence-electron chi connectivity index (χ2n) is 7.33. The van der Waals surface area contributed by atoms with Crippen molar-refractivity contribution in [1.82, 2.24) is 14.9 Å². The Kier molecular flexibility index (Phi) is 5.11. The van der Waals surface area contributed by atoms with Gasteiger partial charge in [-0.15, -0.1) is 0 Å². The summed E-state index contributed by atoms with van der Waals surface area (Å²) in [6.07, 6.45) is 2.43. The lowest BCUT2D eigenvalue weighted by Gasteiger charge is -2.35. The van der Waals surface area contributed by atoms with Crippen LogP contribution in [0.3, 0.4) is 0 Å². The third-order valence-electron chi connectivity index (χ3n) is 5.35. The fraction of sp³-hybridized carbons (Fsp3) is 0.429. The lowest BCUT2D eigenvalue weighted by atomic mass is 10.1. The molecule has 2 aliphatic heterocycles. The van der Waals surface area contributed by atoms with Gasteiger partial charge < -0.3 is 14.7 Å². The number of anilines is 2. The van der Waals surface area contributed by atoms with Gasteiger partial charge in [-0.2, -0.15) is 10.2 Å². The van der Waals surface area contributed by atoms with Crippen molar-refractivity contribution < 1.29 is 4.79 Å². The van der Waals surface area contributed by atoms with Crippen LogP contribution in [-0.2, 0) is 0 Å². The molecule has 144 valence electrons. The van der Waals surface area contributed by atoms with Crippen molar-refractivity contribution in [3.63, 3.8) is 0 Å². The van der Waals surface area contributed by atoms with Gasteiger partial charge in [-0.3, -0.25) is 4.79 Å². The van der Waals surface area contributed by atoms with E-state index in [4.69, 9.17) is 10.2 Å². The van der Waals surface area contributed by atoms with Crippen LogP contribution in [0.5, 0.6) is 0 Å². The topological polar surface area (TPSA) is 76.4 Å². The number of nitriles is 1. The van der Waals surface area contributed by atoms with E-state index in [9.17, 15) is 4.79 Å². The normalized spacial score (nSPS) is 16.9. The summed E-state index contributed by atoms with van der Waals surface area (Å²) in [7, 11) is 0. The predicted molar refractivity (Wildman–Crippen MR) is 107 cm³/mol. The Morgan fingerprint density at radius 2 is 1.75 bits per heavy atom. The Labute approximate surface area is 165 Å². The third-order valence-corrected chi connectivity index (χ3v) is 5.35. The zero-order valence-corrected chi connectivity index (χ0v) is 16.1. The van der Waals surface area contributed by atoms with Gasteiger partial charge in [-0.05, 0) is 38.0 Å². The van der Waals surface area contributed by atoms with Gasteiger partial charge >= 0.3 is 0 Å². The van der Waals surface area contributed by atoms with Crippen molar-refractivity contribution in [2.24, 2.45) is 0 Å². The number of benzene rings is 1. The number of nitrogens with zero attached hydrogens (tertiary/aromatic N) is 6. The Bertz CT molecular complexity index is 907. The standard InChI is InChI=1S/C21H24N6O/c1-16-13-19(25-7-2-3-8-25)24-21(23-16)27-11-9-26(10-12-27)20(28)18-6-4-5-17(14-18)15-22/h4-6,13-14H,2-3,7-12H2,1H3. The second kappa shape index (κ2) is 7.85. The van der Waals surface area contributed by atoms with E-state index in [0.29, 0.717) is 37.3 Å². The van der Waals surface area contributed by atoms with E-state index >= 15 is 0 Å². The fourth-order valence-corrected chi connectivity index (χ4v) is 3.80. The van der Waals surface area contributed by atoms with Crippen molar-refractivity contribution in [1.29, 1.82) is 5.26 Å². The Morgan fingerprint density at radius 1 is 1.00 bits per heavy atom. The number of piperazine rings is 1. The number of hydrogen-bond acceptors (Lipinski definition) is 6. The first-order valence-electron chi connectivity index (χ1n) is 9.79. The molecule has 4 rings (SSSR count). The number of rotatable bonds is 3. The smallest absolute Gasteiger partial charge is 0.254 e. The molecule has 0 bridgehead atoms. The number of amides is 1. The van der Waals surface area contributed by atoms with Gasteiger partial charge in [0.25, 0.3) is 5.91 Å². The van der Waals surface area contributed by atoms with Crippen LogP contribution in [0.15, 0.2) is 30.3 Å². The maximum Gasteiger partial charge on any atom is 0.254 e. The minimum atomic E-state index is -0.0281. The molecule has 2 aliphatic rings. The van der Waals surface area contributed by atoms with Gasteiger partial charge in [0.1, 0.15) is 5.82 Å². The van der Waals surface area contributed by atoms with Crippen molar-refractivity contribution >= 4 is 17.7 Å². The number of carbonyl (C=O) groups excluding carboxylic acids is 1. The van der Waals surface area contributed by atoms with E-state index in [2.05, 4.69) is 26.9 Å². The van der Waals surface area contributed by atoms with E-state index < -0.39 is 0 Å². The van der Waals surface area contributed by atoms with Crippen LogP contribution in [-0.4, -0.2) is 60.0 Å². The molecule has 0 saturated carbocycles. The lowest BCUT2D eigenvalue weighted by molar-refractivity contribution is 0.0746. The molecule has 1 aromatic heterocycles. The lowest BCUT2D eigenvalue weighted by Crippen LogP contribution is -2.49. The van der Waals surface area contributed by atoms with Crippen molar-refractivity contribution in [2.75, 3.05) is 49.1 Å².